The summed E-state index contributed by atoms with van der Waals surface area (Å²) in [6, 6.07) is 0. The minimum Gasteiger partial charge on any atom is -0.358 e. The van der Waals surface area contributed by atoms with Gasteiger partial charge in [0.1, 0.15) is 0 Å². The number of rotatable bonds is 1. The molecule has 0 atom stereocenters. The van der Waals surface area contributed by atoms with Crippen LogP contribution in [0.25, 0.3) is 0 Å². The maximum Gasteiger partial charge on any atom is 0 e. The fourth-order valence-electron chi connectivity index (χ4n) is 3.21. The molecule has 0 aliphatic heterocycles. The number of hydrogen-bond donors (Lipinski definition) is 3. The molecule has 2 fully saturated rings. The maximum absolute atomic E-state index is 2.75. The SMILES string of the molecule is C.C.C.C.C.C.C.C.C.C1CCC(C2CCCCC2)CC1.CC(C)C.CC(C)C.CC(C)C.CNC.CNC.CNC.[CH3-].[CH3-].[CH3-].[CH3-].[CH3-].[CH3-].[Y].[Y].[Y]. The molecule has 0 aromatic rings. The Kier molecular flexibility index (Phi) is 460. The summed E-state index contributed by atoms with van der Waals surface area (Å²) in [5, 5.41) is 8.25. The van der Waals surface area contributed by atoms with E-state index in [9.17, 15) is 0 Å². The van der Waals surface area contributed by atoms with Crippen LogP contribution in [0.2, 0.25) is 0 Å². The van der Waals surface area contributed by atoms with Crippen molar-refractivity contribution in [2.24, 2.45) is 29.6 Å². The van der Waals surface area contributed by atoms with E-state index >= 15 is 0 Å². The molecule has 6 heteroatoms. The molecule has 3 N–H and O–H groups in total. The molecule has 3 radical (unpaired) electrons. The number of hydrogen-bond acceptors (Lipinski definition) is 3. The topological polar surface area (TPSA) is 36.1 Å². The summed E-state index contributed by atoms with van der Waals surface area (Å²) in [6.45, 7) is 19.5. The zero-order valence-corrected chi connectivity index (χ0v) is 42.7. The molecule has 0 saturated heterocycles. The molecule has 3 nitrogen and oxygen atoms in total. The summed E-state index contributed by atoms with van der Waals surface area (Å²) in [5.74, 6) is 4.78. The second kappa shape index (κ2) is 149. The van der Waals surface area contributed by atoms with E-state index < -0.39 is 0 Å². The van der Waals surface area contributed by atoms with Crippen LogP contribution >= 0.6 is 0 Å². The zero-order valence-electron chi connectivity index (χ0n) is 34.2. The minimum absolute atomic E-state index is 0. The van der Waals surface area contributed by atoms with Crippen LogP contribution in [-0.2, 0) is 98.1 Å². The van der Waals surface area contributed by atoms with Crippen molar-refractivity contribution in [3.05, 3.63) is 44.6 Å². The summed E-state index contributed by atoms with van der Waals surface area (Å²) in [4.78, 5) is 0. The van der Waals surface area contributed by atoms with Gasteiger partial charge in [0.25, 0.3) is 0 Å². The number of nitrogens with one attached hydrogen (secondary N) is 3. The molecule has 0 aromatic heterocycles. The van der Waals surface area contributed by atoms with Crippen LogP contribution in [0.3, 0.4) is 0 Å². The van der Waals surface area contributed by atoms with Gasteiger partial charge in [-0.2, -0.15) is 0 Å². The van der Waals surface area contributed by atoms with Crippen molar-refractivity contribution >= 4 is 0 Å². The molecule has 337 valence electrons. The second-order valence-electron chi connectivity index (χ2n) is 11.5. The van der Waals surface area contributed by atoms with Gasteiger partial charge in [0, 0.05) is 98.1 Å². The van der Waals surface area contributed by atoms with Crippen molar-refractivity contribution in [2.75, 3.05) is 42.3 Å². The molecule has 0 unspecified atom stereocenters. The average molecular weight is 977 g/mol. The Balaban J connectivity index is -0.00000000866. The predicted octanol–water partition coefficient (Wildman–Crippen LogP) is 17.1. The standard InChI is InChI=1S/C12H22.3C4H10.3C2H7N.9CH4.6CH3.3Y/c1-3-7-11(8-4-1)12-9-5-2-6-10-12;3*1-4(2)3;3*1-3-2;;;;;;;;;;;;;;;;;;/h11-12H,1-10H2;3*4H,1-3H3;3*3H,1-2H3;9*1H4;6*1H3;;;/q;;;;;;;;;;;;;;;;6*-1;;;. The van der Waals surface area contributed by atoms with Gasteiger partial charge in [-0.05, 0) is 71.9 Å². The Bertz CT molecular complexity index is 241. The fraction of sp³-hybridized carbons (Fsp3) is 0.867. The van der Waals surface area contributed by atoms with Gasteiger partial charge < -0.3 is 60.5 Å². The summed E-state index contributed by atoms with van der Waals surface area (Å²) < 4.78 is 0. The third kappa shape index (κ3) is 259. The summed E-state index contributed by atoms with van der Waals surface area (Å²) in [6.07, 6.45) is 15.4. The fourth-order valence-corrected chi connectivity index (χ4v) is 3.21. The molecular formula is C45H127N3Y3-6. The van der Waals surface area contributed by atoms with E-state index in [4.69, 9.17) is 0 Å². The molecule has 0 spiro atoms. The van der Waals surface area contributed by atoms with Crippen LogP contribution in [0.15, 0.2) is 0 Å². The molecule has 2 aliphatic carbocycles. The van der Waals surface area contributed by atoms with Crippen LogP contribution in [0.1, 0.15) is 193 Å². The van der Waals surface area contributed by atoms with Gasteiger partial charge in [0.05, 0.1) is 0 Å². The maximum atomic E-state index is 2.75. The van der Waals surface area contributed by atoms with E-state index in [-0.39, 0.29) is 210 Å². The Morgan fingerprint density at radius 2 is 0.373 bits per heavy atom. The van der Waals surface area contributed by atoms with Crippen molar-refractivity contribution in [3.8, 4) is 0 Å². The van der Waals surface area contributed by atoms with E-state index in [1.807, 2.05) is 42.3 Å². The van der Waals surface area contributed by atoms with E-state index in [2.05, 4.69) is 78.3 Å². The Labute approximate surface area is 419 Å². The molecule has 0 heterocycles. The molecule has 0 bridgehead atoms. The van der Waals surface area contributed by atoms with Crippen LogP contribution in [0.5, 0.6) is 0 Å². The van der Waals surface area contributed by atoms with Gasteiger partial charge in [-0.3, -0.25) is 0 Å². The summed E-state index contributed by atoms with van der Waals surface area (Å²) in [5.41, 5.74) is 0. The third-order valence-electron chi connectivity index (χ3n) is 3.97. The van der Waals surface area contributed by atoms with Gasteiger partial charge in [-0.25, -0.2) is 0 Å². The van der Waals surface area contributed by atoms with Gasteiger partial charge in [-0.1, -0.05) is 193 Å². The minimum atomic E-state index is 0. The molecule has 2 saturated carbocycles. The van der Waals surface area contributed by atoms with Crippen LogP contribution in [0.4, 0.5) is 0 Å². The van der Waals surface area contributed by atoms with E-state index in [0.29, 0.717) is 0 Å². The van der Waals surface area contributed by atoms with Crippen molar-refractivity contribution in [1.29, 1.82) is 0 Å². The van der Waals surface area contributed by atoms with Crippen LogP contribution < -0.4 is 16.0 Å². The van der Waals surface area contributed by atoms with Gasteiger partial charge in [-0.15, -0.1) is 0 Å². The predicted molar refractivity (Wildman–Crippen MR) is 259 cm³/mol. The van der Waals surface area contributed by atoms with Crippen molar-refractivity contribution < 1.29 is 98.1 Å². The van der Waals surface area contributed by atoms with Crippen molar-refractivity contribution in [3.63, 3.8) is 0 Å². The van der Waals surface area contributed by atoms with Gasteiger partial charge in [0.2, 0.25) is 0 Å². The smallest absolute Gasteiger partial charge is 0 e. The first-order chi connectivity index (χ1) is 15.4. The first-order valence-electron chi connectivity index (χ1n) is 14.2. The molecule has 0 amide bonds. The quantitative estimate of drug-likeness (QED) is 0.229. The van der Waals surface area contributed by atoms with E-state index in [1.165, 1.54) is 38.5 Å². The van der Waals surface area contributed by atoms with E-state index in [1.54, 1.807) is 25.7 Å². The molecule has 2 rings (SSSR count). The summed E-state index contributed by atoms with van der Waals surface area (Å²) in [7, 11) is 11.2. The summed E-state index contributed by atoms with van der Waals surface area (Å²) >= 11 is 0. The molecule has 51 heavy (non-hydrogen) atoms. The molecule has 2 aliphatic rings. The van der Waals surface area contributed by atoms with Crippen LogP contribution in [0, 0.1) is 74.1 Å². The Hall–Kier alpha value is 3.19. The second-order valence-corrected chi connectivity index (χ2v) is 11.5. The Morgan fingerprint density at radius 3 is 0.451 bits per heavy atom. The third-order valence-corrected chi connectivity index (χ3v) is 3.97. The molecule has 0 aromatic carbocycles. The first kappa shape index (κ1) is 158. The van der Waals surface area contributed by atoms with Gasteiger partial charge in [0.15, 0.2) is 0 Å². The van der Waals surface area contributed by atoms with Crippen LogP contribution in [-0.4, -0.2) is 42.3 Å². The largest absolute Gasteiger partial charge is 0.358 e. The van der Waals surface area contributed by atoms with Gasteiger partial charge >= 0.3 is 0 Å². The van der Waals surface area contributed by atoms with Crippen molar-refractivity contribution in [2.45, 2.75) is 193 Å². The van der Waals surface area contributed by atoms with Crippen molar-refractivity contribution in [1.82, 2.24) is 16.0 Å². The zero-order chi connectivity index (χ0) is 27.1. The first-order valence-corrected chi connectivity index (χ1v) is 14.2. The monoisotopic (exact) mass is 977 g/mol. The normalized spacial score (nSPS) is 10.0. The van der Waals surface area contributed by atoms with E-state index in [0.717, 1.165) is 29.6 Å². The average Bonchev–Trinajstić information content (AvgIpc) is 2.70. The Morgan fingerprint density at radius 1 is 0.294 bits per heavy atom. The molecular weight excluding hydrogens is 849 g/mol.